The molecule has 0 saturated carbocycles. The van der Waals surface area contributed by atoms with E-state index in [1.54, 1.807) is 6.07 Å². The van der Waals surface area contributed by atoms with E-state index in [9.17, 15) is 4.39 Å². The summed E-state index contributed by atoms with van der Waals surface area (Å²) in [5, 5.41) is 7.59. The van der Waals surface area contributed by atoms with E-state index in [0.29, 0.717) is 12.1 Å². The molecule has 0 aliphatic rings. The van der Waals surface area contributed by atoms with Crippen molar-refractivity contribution in [3.8, 4) is 11.1 Å². The summed E-state index contributed by atoms with van der Waals surface area (Å²) in [6.45, 7) is 4.75. The number of nitrogens with zero attached hydrogens (tertiary/aromatic N) is 2. The molecule has 0 unspecified atom stereocenters. The Morgan fingerprint density at radius 3 is 2.60 bits per heavy atom. The molecule has 2 aromatic rings. The molecule has 0 atom stereocenters. The maximum atomic E-state index is 13.8. The first-order chi connectivity index (χ1) is 9.62. The van der Waals surface area contributed by atoms with Gasteiger partial charge in [-0.1, -0.05) is 19.9 Å². The van der Waals surface area contributed by atoms with Crippen LogP contribution in [0.3, 0.4) is 0 Å². The Morgan fingerprint density at radius 2 is 2.00 bits per heavy atom. The van der Waals surface area contributed by atoms with Gasteiger partial charge in [0.05, 0.1) is 5.69 Å². The summed E-state index contributed by atoms with van der Waals surface area (Å²) in [5.41, 5.74) is 5.18. The second-order valence-electron chi connectivity index (χ2n) is 4.94. The molecule has 4 heteroatoms. The molecule has 0 aliphatic carbocycles. The van der Waals surface area contributed by atoms with Crippen LogP contribution in [0.4, 0.5) is 4.39 Å². The standard InChI is InChI=1S/C16H22FN3/c1-5-14-16(15(6-2)20(4)19-14)11-7-8-13(17)12(9-11)10-18-3/h7-9,18H,5-6,10H2,1-4H3. The van der Waals surface area contributed by atoms with E-state index in [1.807, 2.05) is 30.9 Å². The molecule has 0 radical (unpaired) electrons. The summed E-state index contributed by atoms with van der Waals surface area (Å²) in [6, 6.07) is 5.33. The van der Waals surface area contributed by atoms with Gasteiger partial charge in [-0.25, -0.2) is 4.39 Å². The number of rotatable bonds is 5. The maximum Gasteiger partial charge on any atom is 0.127 e. The number of benzene rings is 1. The average molecular weight is 275 g/mol. The predicted molar refractivity (Wildman–Crippen MR) is 80.1 cm³/mol. The summed E-state index contributed by atoms with van der Waals surface area (Å²) in [6.07, 6.45) is 1.79. The Hall–Kier alpha value is -1.68. The Kier molecular flexibility index (Phi) is 4.55. The van der Waals surface area contributed by atoms with Crippen LogP contribution in [-0.2, 0) is 26.4 Å². The van der Waals surface area contributed by atoms with Crippen LogP contribution in [0.2, 0.25) is 0 Å². The number of aryl methyl sites for hydroxylation is 2. The molecule has 0 aliphatic heterocycles. The number of halogens is 1. The van der Waals surface area contributed by atoms with Gasteiger partial charge in [-0.15, -0.1) is 0 Å². The molecule has 1 aromatic carbocycles. The zero-order valence-corrected chi connectivity index (χ0v) is 12.6. The number of aromatic nitrogens is 2. The molecule has 1 aromatic heterocycles. The fourth-order valence-electron chi connectivity index (χ4n) is 2.66. The highest BCUT2D eigenvalue weighted by Crippen LogP contribution is 2.29. The quantitative estimate of drug-likeness (QED) is 0.909. The highest BCUT2D eigenvalue weighted by molar-refractivity contribution is 5.69. The largest absolute Gasteiger partial charge is 0.316 e. The molecule has 0 fully saturated rings. The van der Waals surface area contributed by atoms with Crippen molar-refractivity contribution in [2.24, 2.45) is 7.05 Å². The molecular formula is C16H22FN3. The van der Waals surface area contributed by atoms with E-state index in [1.165, 1.54) is 5.69 Å². The van der Waals surface area contributed by atoms with Crippen molar-refractivity contribution in [3.63, 3.8) is 0 Å². The van der Waals surface area contributed by atoms with E-state index >= 15 is 0 Å². The highest BCUT2D eigenvalue weighted by Gasteiger charge is 2.16. The zero-order valence-electron chi connectivity index (χ0n) is 12.6. The molecular weight excluding hydrogens is 253 g/mol. The topological polar surface area (TPSA) is 29.9 Å². The van der Waals surface area contributed by atoms with Gasteiger partial charge in [-0.05, 0) is 37.6 Å². The molecule has 1 heterocycles. The molecule has 20 heavy (non-hydrogen) atoms. The third-order valence-electron chi connectivity index (χ3n) is 3.61. The first-order valence-electron chi connectivity index (χ1n) is 7.10. The van der Waals surface area contributed by atoms with Crippen molar-refractivity contribution in [1.82, 2.24) is 15.1 Å². The first-order valence-corrected chi connectivity index (χ1v) is 7.10. The van der Waals surface area contributed by atoms with E-state index in [0.717, 1.165) is 29.7 Å². The molecule has 1 N–H and O–H groups in total. The lowest BCUT2D eigenvalue weighted by Gasteiger charge is -2.09. The number of hydrogen-bond acceptors (Lipinski definition) is 2. The van der Waals surface area contributed by atoms with Crippen molar-refractivity contribution in [3.05, 3.63) is 41.0 Å². The summed E-state index contributed by atoms with van der Waals surface area (Å²) in [4.78, 5) is 0. The van der Waals surface area contributed by atoms with Crippen molar-refractivity contribution >= 4 is 0 Å². The summed E-state index contributed by atoms with van der Waals surface area (Å²) >= 11 is 0. The molecule has 0 spiro atoms. The van der Waals surface area contributed by atoms with Crippen LogP contribution >= 0.6 is 0 Å². The third-order valence-corrected chi connectivity index (χ3v) is 3.61. The Bertz CT molecular complexity index is 602. The van der Waals surface area contributed by atoms with Crippen LogP contribution in [0.1, 0.15) is 30.8 Å². The van der Waals surface area contributed by atoms with Crippen LogP contribution < -0.4 is 5.32 Å². The molecule has 0 saturated heterocycles. The van der Waals surface area contributed by atoms with Crippen LogP contribution in [0.25, 0.3) is 11.1 Å². The van der Waals surface area contributed by atoms with Crippen LogP contribution in [-0.4, -0.2) is 16.8 Å². The van der Waals surface area contributed by atoms with Crippen LogP contribution in [0.5, 0.6) is 0 Å². The van der Waals surface area contributed by atoms with Gasteiger partial charge in [0.1, 0.15) is 5.82 Å². The van der Waals surface area contributed by atoms with E-state index in [2.05, 4.69) is 24.3 Å². The van der Waals surface area contributed by atoms with Crippen molar-refractivity contribution in [2.75, 3.05) is 7.05 Å². The SMILES string of the molecule is CCc1nn(C)c(CC)c1-c1ccc(F)c(CNC)c1. The zero-order chi connectivity index (χ0) is 14.7. The lowest BCUT2D eigenvalue weighted by atomic mass is 9.98. The van der Waals surface area contributed by atoms with Crippen molar-refractivity contribution in [2.45, 2.75) is 33.2 Å². The molecule has 108 valence electrons. The van der Waals surface area contributed by atoms with Gasteiger partial charge in [-0.3, -0.25) is 4.68 Å². The summed E-state index contributed by atoms with van der Waals surface area (Å²) in [5.74, 6) is -0.164. The van der Waals surface area contributed by atoms with E-state index in [-0.39, 0.29) is 5.82 Å². The van der Waals surface area contributed by atoms with Gasteiger partial charge in [-0.2, -0.15) is 5.10 Å². The molecule has 2 rings (SSSR count). The average Bonchev–Trinajstić information content (AvgIpc) is 2.77. The number of nitrogens with one attached hydrogen (secondary N) is 1. The first kappa shape index (κ1) is 14.7. The lowest BCUT2D eigenvalue weighted by molar-refractivity contribution is 0.601. The Morgan fingerprint density at radius 1 is 1.25 bits per heavy atom. The minimum Gasteiger partial charge on any atom is -0.316 e. The normalized spacial score (nSPS) is 11.1. The second kappa shape index (κ2) is 6.18. The molecule has 3 nitrogen and oxygen atoms in total. The van der Waals surface area contributed by atoms with E-state index in [4.69, 9.17) is 0 Å². The fraction of sp³-hybridized carbons (Fsp3) is 0.438. The summed E-state index contributed by atoms with van der Waals surface area (Å²) < 4.78 is 15.7. The molecule has 0 bridgehead atoms. The Labute approximate surface area is 119 Å². The lowest BCUT2D eigenvalue weighted by Crippen LogP contribution is -2.07. The summed E-state index contributed by atoms with van der Waals surface area (Å²) in [7, 11) is 3.80. The smallest absolute Gasteiger partial charge is 0.127 e. The second-order valence-corrected chi connectivity index (χ2v) is 4.94. The third kappa shape index (κ3) is 2.61. The highest BCUT2D eigenvalue weighted by atomic mass is 19.1. The monoisotopic (exact) mass is 275 g/mol. The van der Waals surface area contributed by atoms with Gasteiger partial charge in [0.15, 0.2) is 0 Å². The van der Waals surface area contributed by atoms with E-state index < -0.39 is 0 Å². The minimum atomic E-state index is -0.164. The van der Waals surface area contributed by atoms with Crippen molar-refractivity contribution < 1.29 is 4.39 Å². The maximum absolute atomic E-state index is 13.8. The van der Waals surface area contributed by atoms with Crippen molar-refractivity contribution in [1.29, 1.82) is 0 Å². The number of hydrogen-bond donors (Lipinski definition) is 1. The van der Waals surface area contributed by atoms with Gasteiger partial charge >= 0.3 is 0 Å². The van der Waals surface area contributed by atoms with Gasteiger partial charge < -0.3 is 5.32 Å². The molecule has 0 amide bonds. The Balaban J connectivity index is 2.58. The fourth-order valence-corrected chi connectivity index (χ4v) is 2.66. The van der Waals surface area contributed by atoms with Crippen LogP contribution in [0.15, 0.2) is 18.2 Å². The predicted octanol–water partition coefficient (Wildman–Crippen LogP) is 3.07. The minimum absolute atomic E-state index is 0.164. The van der Waals surface area contributed by atoms with Crippen LogP contribution in [0, 0.1) is 5.82 Å². The van der Waals surface area contributed by atoms with Gasteiger partial charge in [0.2, 0.25) is 0 Å². The van der Waals surface area contributed by atoms with Gasteiger partial charge in [0, 0.05) is 30.4 Å². The van der Waals surface area contributed by atoms with Gasteiger partial charge in [0.25, 0.3) is 0 Å².